The molecule has 0 aliphatic carbocycles. The Balaban J connectivity index is 1.79. The maximum absolute atomic E-state index is 13.4. The quantitative estimate of drug-likeness (QED) is 0.523. The summed E-state index contributed by atoms with van der Waals surface area (Å²) in [6.07, 6.45) is 3.19. The summed E-state index contributed by atoms with van der Waals surface area (Å²) in [7, 11) is 0. The number of hydrogen-bond acceptors (Lipinski definition) is 3. The number of halogens is 2. The standard InChI is InChI=1S/C21H18F2N4O2/c1-13(27(14(2)28)12-15-7-8-18(22)19(23)9-15)25-21(29)26-20-11-24-10-16-5-3-4-6-17(16)20/h3-11H,12H2,1-2H3,(H,26,29)/b25-13-. The van der Waals surface area contributed by atoms with Crippen LogP contribution < -0.4 is 5.32 Å². The van der Waals surface area contributed by atoms with Crippen molar-refractivity contribution in [3.8, 4) is 0 Å². The van der Waals surface area contributed by atoms with Crippen LogP contribution in [0.2, 0.25) is 0 Å². The summed E-state index contributed by atoms with van der Waals surface area (Å²) >= 11 is 0. The van der Waals surface area contributed by atoms with Crippen LogP contribution in [0.3, 0.4) is 0 Å². The van der Waals surface area contributed by atoms with Crippen molar-refractivity contribution in [3.05, 3.63) is 72.1 Å². The van der Waals surface area contributed by atoms with Crippen molar-refractivity contribution in [2.24, 2.45) is 4.99 Å². The highest BCUT2D eigenvalue weighted by atomic mass is 19.2. The van der Waals surface area contributed by atoms with Crippen LogP contribution in [0.15, 0.2) is 59.9 Å². The average Bonchev–Trinajstić information content (AvgIpc) is 2.68. The van der Waals surface area contributed by atoms with Crippen molar-refractivity contribution >= 4 is 34.2 Å². The van der Waals surface area contributed by atoms with Crippen LogP contribution in [0.25, 0.3) is 10.8 Å². The normalized spacial score (nSPS) is 11.4. The monoisotopic (exact) mass is 396 g/mol. The summed E-state index contributed by atoms with van der Waals surface area (Å²) in [6, 6.07) is 10.1. The number of pyridine rings is 1. The number of carbonyl (C=O) groups excluding carboxylic acids is 2. The van der Waals surface area contributed by atoms with E-state index in [4.69, 9.17) is 0 Å². The number of urea groups is 1. The Bertz CT molecular complexity index is 1110. The third-order valence-corrected chi connectivity index (χ3v) is 4.27. The first-order chi connectivity index (χ1) is 13.8. The fraction of sp³-hybridized carbons (Fsp3) is 0.143. The summed E-state index contributed by atoms with van der Waals surface area (Å²) in [6.45, 7) is 2.73. The zero-order chi connectivity index (χ0) is 21.0. The summed E-state index contributed by atoms with van der Waals surface area (Å²) in [5.41, 5.74) is 0.854. The Hall–Kier alpha value is -3.68. The molecule has 2 aromatic carbocycles. The molecule has 0 aliphatic heterocycles. The van der Waals surface area contributed by atoms with Crippen LogP contribution in [-0.4, -0.2) is 27.7 Å². The van der Waals surface area contributed by atoms with Crippen LogP contribution in [0.1, 0.15) is 19.4 Å². The Morgan fingerprint density at radius 2 is 1.83 bits per heavy atom. The molecule has 8 heteroatoms. The molecule has 3 rings (SSSR count). The van der Waals surface area contributed by atoms with E-state index in [0.29, 0.717) is 11.3 Å². The molecule has 1 aromatic heterocycles. The molecule has 0 saturated heterocycles. The number of fused-ring (bicyclic) bond motifs is 1. The van der Waals surface area contributed by atoms with Crippen molar-refractivity contribution in [3.63, 3.8) is 0 Å². The van der Waals surface area contributed by atoms with Gasteiger partial charge in [0.25, 0.3) is 0 Å². The molecule has 3 aromatic rings. The lowest BCUT2D eigenvalue weighted by molar-refractivity contribution is -0.125. The van der Waals surface area contributed by atoms with Crippen molar-refractivity contribution < 1.29 is 18.4 Å². The number of carbonyl (C=O) groups is 2. The van der Waals surface area contributed by atoms with Gasteiger partial charge in [0.05, 0.1) is 18.4 Å². The Morgan fingerprint density at radius 1 is 1.07 bits per heavy atom. The Kier molecular flexibility index (Phi) is 5.92. The Labute approximate surface area is 165 Å². The first-order valence-corrected chi connectivity index (χ1v) is 8.76. The van der Waals surface area contributed by atoms with Crippen molar-refractivity contribution in [1.29, 1.82) is 0 Å². The van der Waals surface area contributed by atoms with Crippen LogP contribution in [0, 0.1) is 11.6 Å². The van der Waals surface area contributed by atoms with Gasteiger partial charge in [0.2, 0.25) is 5.91 Å². The first kappa shape index (κ1) is 20.1. The first-order valence-electron chi connectivity index (χ1n) is 8.76. The fourth-order valence-corrected chi connectivity index (χ4v) is 2.84. The second-order valence-electron chi connectivity index (χ2n) is 6.35. The van der Waals surface area contributed by atoms with Crippen molar-refractivity contribution in [2.45, 2.75) is 20.4 Å². The van der Waals surface area contributed by atoms with E-state index in [1.165, 1.54) is 31.0 Å². The van der Waals surface area contributed by atoms with E-state index in [9.17, 15) is 18.4 Å². The van der Waals surface area contributed by atoms with Gasteiger partial charge in [0.1, 0.15) is 5.84 Å². The van der Waals surface area contributed by atoms with Gasteiger partial charge in [-0.3, -0.25) is 14.7 Å². The number of benzene rings is 2. The van der Waals surface area contributed by atoms with Crippen molar-refractivity contribution in [2.75, 3.05) is 5.32 Å². The van der Waals surface area contributed by atoms with E-state index in [1.807, 2.05) is 24.3 Å². The third kappa shape index (κ3) is 4.78. The van der Waals surface area contributed by atoms with Crippen LogP contribution in [0.4, 0.5) is 19.3 Å². The van der Waals surface area contributed by atoms with Gasteiger partial charge < -0.3 is 5.32 Å². The van der Waals surface area contributed by atoms with E-state index >= 15 is 0 Å². The number of amides is 3. The minimum atomic E-state index is -1.01. The summed E-state index contributed by atoms with van der Waals surface area (Å²) in [4.78, 5) is 33.6. The number of hydrogen-bond donors (Lipinski definition) is 1. The highest BCUT2D eigenvalue weighted by Gasteiger charge is 2.16. The van der Waals surface area contributed by atoms with Gasteiger partial charge in [0, 0.05) is 23.9 Å². The molecule has 0 saturated carbocycles. The SMILES string of the molecule is CC(=O)N(Cc1ccc(F)c(F)c1)/C(C)=N\C(=O)Nc1cncc2ccccc12. The molecule has 0 aliphatic rings. The van der Waals surface area contributed by atoms with Gasteiger partial charge in [-0.05, 0) is 24.6 Å². The summed E-state index contributed by atoms with van der Waals surface area (Å²) in [5.74, 6) is -2.26. The molecule has 0 bridgehead atoms. The van der Waals surface area contributed by atoms with E-state index in [-0.39, 0.29) is 12.4 Å². The van der Waals surface area contributed by atoms with Gasteiger partial charge in [-0.1, -0.05) is 30.3 Å². The highest BCUT2D eigenvalue weighted by molar-refractivity contribution is 6.07. The summed E-state index contributed by atoms with van der Waals surface area (Å²) < 4.78 is 26.5. The van der Waals surface area contributed by atoms with Crippen LogP contribution >= 0.6 is 0 Å². The van der Waals surface area contributed by atoms with Gasteiger partial charge in [-0.15, -0.1) is 0 Å². The van der Waals surface area contributed by atoms with E-state index in [0.717, 1.165) is 22.9 Å². The van der Waals surface area contributed by atoms with E-state index < -0.39 is 23.6 Å². The number of aromatic nitrogens is 1. The molecular formula is C21H18F2N4O2. The average molecular weight is 396 g/mol. The Morgan fingerprint density at radius 3 is 2.55 bits per heavy atom. The molecule has 1 heterocycles. The maximum atomic E-state index is 13.4. The van der Waals surface area contributed by atoms with Crippen molar-refractivity contribution in [1.82, 2.24) is 9.88 Å². The zero-order valence-corrected chi connectivity index (χ0v) is 15.8. The number of aliphatic imine (C=N–C) groups is 1. The smallest absolute Gasteiger partial charge is 0.304 e. The second-order valence-corrected chi connectivity index (χ2v) is 6.35. The maximum Gasteiger partial charge on any atom is 0.347 e. The lowest BCUT2D eigenvalue weighted by atomic mass is 10.1. The lowest BCUT2D eigenvalue weighted by Gasteiger charge is -2.20. The number of nitrogens with one attached hydrogen (secondary N) is 1. The number of amidine groups is 1. The molecule has 148 valence electrons. The lowest BCUT2D eigenvalue weighted by Crippen LogP contribution is -2.34. The molecule has 0 radical (unpaired) electrons. The van der Waals surface area contributed by atoms with Crippen LogP contribution in [0.5, 0.6) is 0 Å². The molecule has 0 atom stereocenters. The topological polar surface area (TPSA) is 74.7 Å². The minimum absolute atomic E-state index is 0.0506. The molecule has 0 spiro atoms. The largest absolute Gasteiger partial charge is 0.347 e. The third-order valence-electron chi connectivity index (χ3n) is 4.27. The molecule has 3 amide bonds. The molecule has 0 fully saturated rings. The molecular weight excluding hydrogens is 378 g/mol. The second kappa shape index (κ2) is 8.55. The zero-order valence-electron chi connectivity index (χ0n) is 15.8. The number of nitrogens with zero attached hydrogens (tertiary/aromatic N) is 3. The minimum Gasteiger partial charge on any atom is -0.304 e. The van der Waals surface area contributed by atoms with E-state index in [2.05, 4.69) is 15.3 Å². The van der Waals surface area contributed by atoms with Gasteiger partial charge in [0.15, 0.2) is 11.6 Å². The molecule has 29 heavy (non-hydrogen) atoms. The van der Waals surface area contributed by atoms with Gasteiger partial charge >= 0.3 is 6.03 Å². The predicted molar refractivity (Wildman–Crippen MR) is 106 cm³/mol. The fourth-order valence-electron chi connectivity index (χ4n) is 2.84. The van der Waals surface area contributed by atoms with Crippen LogP contribution in [-0.2, 0) is 11.3 Å². The number of rotatable bonds is 3. The predicted octanol–water partition coefficient (Wildman–Crippen LogP) is 4.51. The van der Waals surface area contributed by atoms with E-state index in [1.54, 1.807) is 6.20 Å². The van der Waals surface area contributed by atoms with Gasteiger partial charge in [-0.2, -0.15) is 4.99 Å². The number of anilines is 1. The van der Waals surface area contributed by atoms with Gasteiger partial charge in [-0.25, -0.2) is 13.6 Å². The highest BCUT2D eigenvalue weighted by Crippen LogP contribution is 2.21. The molecule has 6 nitrogen and oxygen atoms in total. The molecule has 0 unspecified atom stereocenters. The summed E-state index contributed by atoms with van der Waals surface area (Å²) in [5, 5.41) is 4.31. The molecule has 1 N–H and O–H groups in total.